The molecule has 6 nitrogen and oxygen atoms in total. The molecule has 2 aliphatic rings. The fourth-order valence-electron chi connectivity index (χ4n) is 3.92. The first kappa shape index (κ1) is 19.2. The summed E-state index contributed by atoms with van der Waals surface area (Å²) in [5, 5.41) is 13.6. The molecule has 0 atom stereocenters. The van der Waals surface area contributed by atoms with Crippen LogP contribution in [0.15, 0.2) is 65.7 Å². The highest BCUT2D eigenvalue weighted by molar-refractivity contribution is 5.80. The molecule has 0 unspecified atom stereocenters. The number of benzene rings is 2. The predicted octanol–water partition coefficient (Wildman–Crippen LogP) is 2.67. The number of phenolic OH excluding ortho intramolecular Hbond substituents is 1. The number of aliphatic imine (C=N–C) groups is 1. The van der Waals surface area contributed by atoms with Gasteiger partial charge in [-0.1, -0.05) is 36.4 Å². The molecule has 0 aromatic heterocycles. The Hall–Kier alpha value is -3.15. The van der Waals surface area contributed by atoms with Gasteiger partial charge in [-0.15, -0.1) is 0 Å². The van der Waals surface area contributed by atoms with Crippen LogP contribution in [0.3, 0.4) is 0 Å². The van der Waals surface area contributed by atoms with Gasteiger partial charge < -0.3 is 25.1 Å². The molecule has 29 heavy (non-hydrogen) atoms. The summed E-state index contributed by atoms with van der Waals surface area (Å²) in [5.41, 5.74) is 3.42. The average Bonchev–Trinajstić information content (AvgIpc) is 3.30. The molecule has 1 fully saturated rings. The minimum atomic E-state index is 0.344. The van der Waals surface area contributed by atoms with Crippen LogP contribution in [-0.4, -0.2) is 62.3 Å². The Balaban J connectivity index is 1.29. The van der Waals surface area contributed by atoms with E-state index >= 15 is 0 Å². The Morgan fingerprint density at radius 3 is 2.28 bits per heavy atom. The molecule has 0 spiro atoms. The Labute approximate surface area is 172 Å². The number of aromatic hydroxyl groups is 1. The van der Waals surface area contributed by atoms with Gasteiger partial charge >= 0.3 is 0 Å². The van der Waals surface area contributed by atoms with E-state index in [1.165, 1.54) is 11.3 Å². The molecule has 152 valence electrons. The topological polar surface area (TPSA) is 54.3 Å². The number of hydrogen-bond acceptors (Lipinski definition) is 4. The summed E-state index contributed by atoms with van der Waals surface area (Å²) >= 11 is 0. The number of para-hydroxylation sites is 2. The zero-order chi connectivity index (χ0) is 20.1. The van der Waals surface area contributed by atoms with Crippen molar-refractivity contribution in [2.75, 3.05) is 56.1 Å². The maximum atomic E-state index is 10.1. The predicted molar refractivity (Wildman–Crippen MR) is 120 cm³/mol. The maximum Gasteiger partial charge on any atom is 0.194 e. The molecule has 2 heterocycles. The summed E-state index contributed by atoms with van der Waals surface area (Å²) in [6.07, 6.45) is 4.41. The Morgan fingerprint density at radius 1 is 0.931 bits per heavy atom. The van der Waals surface area contributed by atoms with E-state index in [1.807, 2.05) is 25.2 Å². The van der Waals surface area contributed by atoms with Crippen molar-refractivity contribution in [3.05, 3.63) is 66.2 Å². The molecule has 1 saturated heterocycles. The van der Waals surface area contributed by atoms with E-state index < -0.39 is 0 Å². The van der Waals surface area contributed by atoms with E-state index in [-0.39, 0.29) is 0 Å². The molecule has 6 heteroatoms. The van der Waals surface area contributed by atoms with Crippen LogP contribution in [0.1, 0.15) is 5.56 Å². The summed E-state index contributed by atoms with van der Waals surface area (Å²) in [5.74, 6) is 1.27. The quantitative estimate of drug-likeness (QED) is 0.477. The van der Waals surface area contributed by atoms with Crippen molar-refractivity contribution < 1.29 is 5.11 Å². The van der Waals surface area contributed by atoms with Gasteiger partial charge in [-0.3, -0.25) is 4.99 Å². The van der Waals surface area contributed by atoms with Crippen molar-refractivity contribution in [2.45, 2.75) is 6.54 Å². The third-order valence-electron chi connectivity index (χ3n) is 5.58. The standard InChI is InChI=1S/C23H29N5O/c1-24-23(25-18-19-8-10-20(11-9-19)26-12-4-5-13-26)28-16-14-27(15-17-28)21-6-2-3-7-22(21)29/h2-11,29H,12-18H2,1H3,(H,24,25). The molecule has 2 aliphatic heterocycles. The molecule has 2 aromatic rings. The monoisotopic (exact) mass is 391 g/mol. The lowest BCUT2D eigenvalue weighted by Crippen LogP contribution is -2.52. The summed E-state index contributed by atoms with van der Waals surface area (Å²) < 4.78 is 0. The first-order chi connectivity index (χ1) is 14.2. The lowest BCUT2D eigenvalue weighted by Gasteiger charge is -2.37. The number of rotatable bonds is 4. The van der Waals surface area contributed by atoms with Crippen LogP contribution >= 0.6 is 0 Å². The second-order valence-corrected chi connectivity index (χ2v) is 7.41. The van der Waals surface area contributed by atoms with Gasteiger partial charge in [-0.05, 0) is 29.8 Å². The Morgan fingerprint density at radius 2 is 1.62 bits per heavy atom. The highest BCUT2D eigenvalue weighted by Gasteiger charge is 2.21. The van der Waals surface area contributed by atoms with Crippen molar-refractivity contribution in [3.63, 3.8) is 0 Å². The minimum Gasteiger partial charge on any atom is -0.506 e. The SMILES string of the molecule is CN=C(NCc1ccc(N2CC=CC2)cc1)N1CCN(c2ccccc2O)CC1. The number of piperazine rings is 1. The Kier molecular flexibility index (Phi) is 5.89. The number of phenols is 1. The van der Waals surface area contributed by atoms with Gasteiger partial charge in [0.25, 0.3) is 0 Å². The molecule has 0 saturated carbocycles. The second kappa shape index (κ2) is 8.90. The largest absolute Gasteiger partial charge is 0.506 e. The average molecular weight is 392 g/mol. The zero-order valence-electron chi connectivity index (χ0n) is 17.0. The number of guanidine groups is 1. The van der Waals surface area contributed by atoms with Gasteiger partial charge in [0, 0.05) is 58.5 Å². The smallest absolute Gasteiger partial charge is 0.194 e. The van der Waals surface area contributed by atoms with Crippen molar-refractivity contribution in [1.29, 1.82) is 0 Å². The number of nitrogens with one attached hydrogen (secondary N) is 1. The Bertz CT molecular complexity index is 861. The molecule has 0 bridgehead atoms. The third-order valence-corrected chi connectivity index (χ3v) is 5.58. The summed E-state index contributed by atoms with van der Waals surface area (Å²) in [6.45, 7) is 6.20. The van der Waals surface area contributed by atoms with Gasteiger partial charge in [0.15, 0.2) is 5.96 Å². The van der Waals surface area contributed by atoms with Gasteiger partial charge in [0.05, 0.1) is 5.69 Å². The molecule has 2 aromatic carbocycles. The normalized spacial score (nSPS) is 17.1. The van der Waals surface area contributed by atoms with Crippen molar-refractivity contribution in [2.24, 2.45) is 4.99 Å². The van der Waals surface area contributed by atoms with Crippen molar-refractivity contribution in [1.82, 2.24) is 10.2 Å². The van der Waals surface area contributed by atoms with Crippen molar-refractivity contribution >= 4 is 17.3 Å². The van der Waals surface area contributed by atoms with E-state index in [4.69, 9.17) is 0 Å². The minimum absolute atomic E-state index is 0.344. The van der Waals surface area contributed by atoms with E-state index in [1.54, 1.807) is 6.07 Å². The molecular formula is C23H29N5O. The fraction of sp³-hybridized carbons (Fsp3) is 0.348. The number of nitrogens with zero attached hydrogens (tertiary/aromatic N) is 4. The molecule has 0 amide bonds. The van der Waals surface area contributed by atoms with Gasteiger partial charge in [0.1, 0.15) is 5.75 Å². The van der Waals surface area contributed by atoms with Crippen LogP contribution in [0.25, 0.3) is 0 Å². The second-order valence-electron chi connectivity index (χ2n) is 7.41. The van der Waals surface area contributed by atoms with Crippen molar-refractivity contribution in [3.8, 4) is 5.75 Å². The lowest BCUT2D eigenvalue weighted by atomic mass is 10.2. The molecule has 0 radical (unpaired) electrons. The van der Waals surface area contributed by atoms with Crippen LogP contribution in [0, 0.1) is 0 Å². The zero-order valence-corrected chi connectivity index (χ0v) is 17.0. The first-order valence-corrected chi connectivity index (χ1v) is 10.2. The van der Waals surface area contributed by atoms with Crippen LogP contribution in [0.4, 0.5) is 11.4 Å². The van der Waals surface area contributed by atoms with Crippen LogP contribution < -0.4 is 15.1 Å². The van der Waals surface area contributed by atoms with Crippen LogP contribution in [0.2, 0.25) is 0 Å². The summed E-state index contributed by atoms with van der Waals surface area (Å²) in [6, 6.07) is 16.3. The van der Waals surface area contributed by atoms with Gasteiger partial charge in [-0.2, -0.15) is 0 Å². The fourth-order valence-corrected chi connectivity index (χ4v) is 3.92. The number of hydrogen-bond donors (Lipinski definition) is 2. The summed E-state index contributed by atoms with van der Waals surface area (Å²) in [7, 11) is 1.83. The highest BCUT2D eigenvalue weighted by atomic mass is 16.3. The van der Waals surface area contributed by atoms with E-state index in [2.05, 4.69) is 61.4 Å². The van der Waals surface area contributed by atoms with Crippen LogP contribution in [-0.2, 0) is 6.54 Å². The van der Waals surface area contributed by atoms with Gasteiger partial charge in [0.2, 0.25) is 0 Å². The number of anilines is 2. The van der Waals surface area contributed by atoms with E-state index in [9.17, 15) is 5.11 Å². The van der Waals surface area contributed by atoms with Crippen LogP contribution in [0.5, 0.6) is 5.75 Å². The molecular weight excluding hydrogens is 362 g/mol. The molecule has 2 N–H and O–H groups in total. The summed E-state index contributed by atoms with van der Waals surface area (Å²) in [4.78, 5) is 11.3. The third kappa shape index (κ3) is 4.47. The first-order valence-electron chi connectivity index (χ1n) is 10.2. The van der Waals surface area contributed by atoms with E-state index in [0.29, 0.717) is 5.75 Å². The molecule has 4 rings (SSSR count). The van der Waals surface area contributed by atoms with Gasteiger partial charge in [-0.25, -0.2) is 0 Å². The lowest BCUT2D eigenvalue weighted by molar-refractivity contribution is 0.369. The van der Waals surface area contributed by atoms with E-state index in [0.717, 1.165) is 57.5 Å². The highest BCUT2D eigenvalue weighted by Crippen LogP contribution is 2.27. The maximum absolute atomic E-state index is 10.1. The molecule has 0 aliphatic carbocycles.